The molecule has 1 aliphatic rings. The topological polar surface area (TPSA) is 30.4 Å². The monoisotopic (exact) mass is 852 g/mol. The Labute approximate surface area is 381 Å². The molecule has 0 N–H and O–H groups in total. The van der Waals surface area contributed by atoms with Gasteiger partial charge in [-0.25, -0.2) is 0 Å². The molecule has 0 fully saturated rings. The Morgan fingerprint density at radius 2 is 1.26 bits per heavy atom. The Hall–Kier alpha value is -7.53. The molecule has 0 radical (unpaired) electrons. The van der Waals surface area contributed by atoms with Crippen LogP contribution in [0.5, 0.6) is 0 Å². The number of hydrogen-bond donors (Lipinski definition) is 0. The molecular formula is C61H44N2OS. The quantitative estimate of drug-likeness (QED) is 0.164. The molecule has 3 aromatic heterocycles. The summed E-state index contributed by atoms with van der Waals surface area (Å²) in [5.41, 5.74) is 15.4. The number of nitrogens with zero attached hydrogens (tertiary/aromatic N) is 2. The maximum absolute atomic E-state index is 6.37. The predicted molar refractivity (Wildman–Crippen MR) is 277 cm³/mol. The molecule has 3 nitrogen and oxygen atoms in total. The number of furan rings is 1. The van der Waals surface area contributed by atoms with Gasteiger partial charge in [-0.05, 0) is 124 Å². The highest BCUT2D eigenvalue weighted by molar-refractivity contribution is 7.26. The van der Waals surface area contributed by atoms with Crippen molar-refractivity contribution in [1.82, 2.24) is 4.57 Å². The second-order valence-electron chi connectivity index (χ2n) is 17.5. The molecule has 1 unspecified atom stereocenters. The van der Waals surface area contributed by atoms with Crippen molar-refractivity contribution in [2.45, 2.75) is 38.6 Å². The minimum Gasteiger partial charge on any atom is -0.456 e. The normalized spacial score (nSPS) is 14.9. The van der Waals surface area contributed by atoms with Crippen molar-refractivity contribution in [2.24, 2.45) is 4.99 Å². The highest BCUT2D eigenvalue weighted by atomic mass is 32.1. The number of thiophene rings is 1. The number of aliphatic imine (C=N–C) groups is 1. The number of allylic oxidation sites excluding steroid dienone is 2. The molecule has 0 saturated heterocycles. The average Bonchev–Trinajstić information content (AvgIpc) is 4.03. The predicted octanol–water partition coefficient (Wildman–Crippen LogP) is 17.4. The standard InChI is InChI=1S/C61H44N2OS/c1-2-44-45(22-14-23-52(40-29-27-39(28-30-40)38-15-4-3-5-16-38)62-60(44)43-31-34-57-51(36-43)47-20-9-12-25-56(47)64-57)48-32-33-54(61-59(48)49-21-10-13-26-58(49)65-61)63-53-24-11-8-19-46(53)50-35-41-17-6-7-18-42(41)37-55(50)63/h3-13,15-21,24-37,52H,2,14,22-23H2,1H3. The Morgan fingerprint density at radius 1 is 0.569 bits per heavy atom. The molecule has 65 heavy (non-hydrogen) atoms. The second kappa shape index (κ2) is 15.3. The van der Waals surface area contributed by atoms with Crippen LogP contribution in [0.25, 0.3) is 97.1 Å². The highest BCUT2D eigenvalue weighted by Gasteiger charge is 2.26. The van der Waals surface area contributed by atoms with Crippen molar-refractivity contribution in [3.05, 3.63) is 216 Å². The smallest absolute Gasteiger partial charge is 0.135 e. The first-order valence-electron chi connectivity index (χ1n) is 22.9. The van der Waals surface area contributed by atoms with Crippen molar-refractivity contribution in [3.8, 4) is 16.8 Å². The summed E-state index contributed by atoms with van der Waals surface area (Å²) < 4.78 is 11.5. The van der Waals surface area contributed by atoms with E-state index in [-0.39, 0.29) is 6.04 Å². The van der Waals surface area contributed by atoms with Crippen molar-refractivity contribution in [1.29, 1.82) is 0 Å². The molecule has 310 valence electrons. The zero-order chi connectivity index (χ0) is 43.0. The summed E-state index contributed by atoms with van der Waals surface area (Å²) in [7, 11) is 0. The maximum atomic E-state index is 6.37. The fraction of sp³-hybridized carbons (Fsp3) is 0.0984. The lowest BCUT2D eigenvalue weighted by Crippen LogP contribution is -2.13. The zero-order valence-electron chi connectivity index (χ0n) is 36.1. The third-order valence-electron chi connectivity index (χ3n) is 13.9. The first-order valence-corrected chi connectivity index (χ1v) is 23.7. The van der Waals surface area contributed by atoms with E-state index in [9.17, 15) is 0 Å². The first-order chi connectivity index (χ1) is 32.2. The van der Waals surface area contributed by atoms with Crippen LogP contribution >= 0.6 is 11.3 Å². The van der Waals surface area contributed by atoms with E-state index >= 15 is 0 Å². The number of rotatable bonds is 6. The van der Waals surface area contributed by atoms with E-state index in [1.165, 1.54) is 91.8 Å². The van der Waals surface area contributed by atoms with E-state index in [2.05, 4.69) is 200 Å². The number of aromatic nitrogens is 1. The first kappa shape index (κ1) is 38.0. The lowest BCUT2D eigenvalue weighted by atomic mass is 9.84. The van der Waals surface area contributed by atoms with Gasteiger partial charge in [0.1, 0.15) is 11.2 Å². The van der Waals surface area contributed by atoms with E-state index in [0.717, 1.165) is 58.9 Å². The largest absolute Gasteiger partial charge is 0.456 e. The van der Waals surface area contributed by atoms with Crippen LogP contribution in [0, 0.1) is 0 Å². The lowest BCUT2D eigenvalue weighted by Gasteiger charge is -2.25. The van der Waals surface area contributed by atoms with Gasteiger partial charge in [0.15, 0.2) is 0 Å². The van der Waals surface area contributed by atoms with E-state index in [1.54, 1.807) is 0 Å². The second-order valence-corrected chi connectivity index (χ2v) is 18.5. The molecule has 4 heteroatoms. The highest BCUT2D eigenvalue weighted by Crippen LogP contribution is 2.47. The van der Waals surface area contributed by atoms with Gasteiger partial charge < -0.3 is 8.98 Å². The molecule has 0 aliphatic carbocycles. The summed E-state index contributed by atoms with van der Waals surface area (Å²) in [6.07, 6.45) is 3.78. The Kier molecular flexibility index (Phi) is 8.95. The van der Waals surface area contributed by atoms with Crippen LogP contribution in [0.4, 0.5) is 0 Å². The number of hydrogen-bond acceptors (Lipinski definition) is 3. The minimum absolute atomic E-state index is 0.0190. The van der Waals surface area contributed by atoms with Gasteiger partial charge in [0, 0.05) is 42.6 Å². The number of benzene rings is 9. The summed E-state index contributed by atoms with van der Waals surface area (Å²) in [4.78, 5) is 5.89. The van der Waals surface area contributed by atoms with Gasteiger partial charge in [-0.1, -0.05) is 146 Å². The SMILES string of the molecule is CCC1=C(c2ccc(-n3c4ccccc4c4cc5ccccc5cc43)c3sc4ccccc4c23)CCCC(c2ccc(-c3ccccc3)cc2)N=C1c1ccc2oc3ccccc3c2c1. The van der Waals surface area contributed by atoms with Crippen molar-refractivity contribution in [2.75, 3.05) is 0 Å². The molecule has 1 aliphatic heterocycles. The molecule has 0 saturated carbocycles. The van der Waals surface area contributed by atoms with Gasteiger partial charge in [-0.3, -0.25) is 4.99 Å². The van der Waals surface area contributed by atoms with Crippen LogP contribution < -0.4 is 0 Å². The Bertz CT molecular complexity index is 3900. The van der Waals surface area contributed by atoms with Gasteiger partial charge in [0.05, 0.1) is 33.2 Å². The molecule has 13 rings (SSSR count). The molecule has 9 aromatic carbocycles. The molecule has 12 aromatic rings. The van der Waals surface area contributed by atoms with Crippen LogP contribution in [0.3, 0.4) is 0 Å². The molecule has 0 bridgehead atoms. The zero-order valence-corrected chi connectivity index (χ0v) is 36.9. The van der Waals surface area contributed by atoms with Crippen LogP contribution in [0.15, 0.2) is 209 Å². The Morgan fingerprint density at radius 3 is 2.11 bits per heavy atom. The average molecular weight is 853 g/mol. The summed E-state index contributed by atoms with van der Waals surface area (Å²) in [5.74, 6) is 0. The number of para-hydroxylation sites is 2. The third-order valence-corrected chi connectivity index (χ3v) is 15.1. The molecule has 0 spiro atoms. The summed E-state index contributed by atoms with van der Waals surface area (Å²) >= 11 is 1.92. The van der Waals surface area contributed by atoms with Gasteiger partial charge >= 0.3 is 0 Å². The van der Waals surface area contributed by atoms with E-state index in [1.807, 2.05) is 17.4 Å². The van der Waals surface area contributed by atoms with E-state index in [4.69, 9.17) is 9.41 Å². The summed E-state index contributed by atoms with van der Waals surface area (Å²) in [6, 6.07) is 71.2. The van der Waals surface area contributed by atoms with Crippen molar-refractivity contribution < 1.29 is 4.42 Å². The summed E-state index contributed by atoms with van der Waals surface area (Å²) in [5, 5.41) is 9.96. The van der Waals surface area contributed by atoms with Gasteiger partial charge in [0.2, 0.25) is 0 Å². The Balaban J connectivity index is 1.05. The molecular weight excluding hydrogens is 809 g/mol. The van der Waals surface area contributed by atoms with Gasteiger partial charge in [-0.15, -0.1) is 11.3 Å². The lowest BCUT2D eigenvalue weighted by molar-refractivity contribution is 0.618. The van der Waals surface area contributed by atoms with Crippen LogP contribution in [0.2, 0.25) is 0 Å². The fourth-order valence-corrected chi connectivity index (χ4v) is 12.0. The van der Waals surface area contributed by atoms with Gasteiger partial charge in [0.25, 0.3) is 0 Å². The third kappa shape index (κ3) is 6.19. The van der Waals surface area contributed by atoms with Gasteiger partial charge in [-0.2, -0.15) is 0 Å². The maximum Gasteiger partial charge on any atom is 0.135 e. The molecule has 4 heterocycles. The molecule has 0 amide bonds. The van der Waals surface area contributed by atoms with Crippen molar-refractivity contribution >= 4 is 97.3 Å². The fourth-order valence-electron chi connectivity index (χ4n) is 10.8. The van der Waals surface area contributed by atoms with E-state index in [0.29, 0.717) is 0 Å². The number of fused-ring (bicyclic) bond motifs is 10. The van der Waals surface area contributed by atoms with Crippen molar-refractivity contribution in [3.63, 3.8) is 0 Å². The van der Waals surface area contributed by atoms with Crippen LogP contribution in [0.1, 0.15) is 55.3 Å². The van der Waals surface area contributed by atoms with Crippen LogP contribution in [-0.2, 0) is 0 Å². The minimum atomic E-state index is 0.0190. The summed E-state index contributed by atoms with van der Waals surface area (Å²) in [6.45, 7) is 2.32. The van der Waals surface area contributed by atoms with E-state index < -0.39 is 0 Å². The molecule has 1 atom stereocenters. The van der Waals surface area contributed by atoms with Crippen LogP contribution in [-0.4, -0.2) is 10.3 Å².